The van der Waals surface area contributed by atoms with Gasteiger partial charge in [-0.3, -0.25) is 9.78 Å². The van der Waals surface area contributed by atoms with Gasteiger partial charge in [0.2, 0.25) is 0 Å². The molecule has 0 unspecified atom stereocenters. The van der Waals surface area contributed by atoms with Crippen LogP contribution in [0.5, 0.6) is 11.5 Å². The molecule has 6 heteroatoms. The Morgan fingerprint density at radius 3 is 2.52 bits per heavy atom. The zero-order valence-electron chi connectivity index (χ0n) is 18.3. The van der Waals surface area contributed by atoms with E-state index in [-0.39, 0.29) is 5.91 Å². The topological polar surface area (TPSA) is 68.5 Å². The summed E-state index contributed by atoms with van der Waals surface area (Å²) in [6.45, 7) is 4.00. The number of imidazole rings is 1. The van der Waals surface area contributed by atoms with Crippen LogP contribution in [-0.2, 0) is 0 Å². The van der Waals surface area contributed by atoms with Gasteiger partial charge in [-0.1, -0.05) is 24.3 Å². The minimum Gasteiger partial charge on any atom is -0.456 e. The number of ether oxygens (including phenoxy) is 1. The van der Waals surface area contributed by atoms with Crippen molar-refractivity contribution >= 4 is 17.2 Å². The van der Waals surface area contributed by atoms with Gasteiger partial charge in [-0.25, -0.2) is 4.98 Å². The van der Waals surface area contributed by atoms with Gasteiger partial charge in [-0.15, -0.1) is 0 Å². The first-order valence-electron chi connectivity index (χ1n) is 10.6. The van der Waals surface area contributed by atoms with Gasteiger partial charge in [0.15, 0.2) is 0 Å². The Morgan fingerprint density at radius 2 is 1.76 bits per heavy atom. The molecule has 3 heterocycles. The average Bonchev–Trinajstić information content (AvgIpc) is 3.26. The fraction of sp³-hybridized carbons (Fsp3) is 0.0741. The smallest absolute Gasteiger partial charge is 0.259 e. The molecule has 33 heavy (non-hydrogen) atoms. The second kappa shape index (κ2) is 8.59. The van der Waals surface area contributed by atoms with Gasteiger partial charge < -0.3 is 14.5 Å². The molecule has 3 aromatic heterocycles. The molecule has 1 N–H and O–H groups in total. The van der Waals surface area contributed by atoms with Crippen LogP contribution >= 0.6 is 0 Å². The minimum atomic E-state index is -0.241. The molecule has 1 amide bonds. The molecule has 0 aliphatic carbocycles. The number of pyridine rings is 2. The third-order valence-electron chi connectivity index (χ3n) is 5.38. The molecule has 0 saturated carbocycles. The molecular formula is C27H22N4O2. The standard InChI is InChI=1S/C27H22N4O2/c1-18-5-10-23(25(16-18)33-22-11-13-28-14-12-22)27(32)29-21-8-6-20(7-9-21)24-17-31-15-3-4-19(2)26(31)30-24/h3-17H,1-2H3,(H,29,32). The zero-order chi connectivity index (χ0) is 22.8. The van der Waals surface area contributed by atoms with E-state index in [1.165, 1.54) is 0 Å². The fourth-order valence-electron chi connectivity index (χ4n) is 3.65. The maximum absolute atomic E-state index is 13.0. The predicted molar refractivity (Wildman–Crippen MR) is 129 cm³/mol. The van der Waals surface area contributed by atoms with Crippen LogP contribution in [0.15, 0.2) is 91.5 Å². The van der Waals surface area contributed by atoms with Crippen molar-refractivity contribution in [1.82, 2.24) is 14.4 Å². The molecule has 0 saturated heterocycles. The third-order valence-corrected chi connectivity index (χ3v) is 5.38. The highest BCUT2D eigenvalue weighted by Crippen LogP contribution is 2.28. The lowest BCUT2D eigenvalue weighted by Crippen LogP contribution is -2.13. The monoisotopic (exact) mass is 434 g/mol. The van der Waals surface area contributed by atoms with Gasteiger partial charge in [0.1, 0.15) is 17.1 Å². The van der Waals surface area contributed by atoms with Crippen LogP contribution in [0.3, 0.4) is 0 Å². The summed E-state index contributed by atoms with van der Waals surface area (Å²) in [5.41, 5.74) is 6.07. The van der Waals surface area contributed by atoms with Crippen LogP contribution in [0.25, 0.3) is 16.9 Å². The first-order valence-corrected chi connectivity index (χ1v) is 10.6. The zero-order valence-corrected chi connectivity index (χ0v) is 18.3. The number of nitrogens with one attached hydrogen (secondary N) is 1. The third kappa shape index (κ3) is 4.32. The summed E-state index contributed by atoms with van der Waals surface area (Å²) in [7, 11) is 0. The molecule has 0 aliphatic heterocycles. The van der Waals surface area contributed by atoms with E-state index in [2.05, 4.69) is 10.3 Å². The van der Waals surface area contributed by atoms with Crippen LogP contribution in [0.2, 0.25) is 0 Å². The summed E-state index contributed by atoms with van der Waals surface area (Å²) in [5.74, 6) is 0.877. The average molecular weight is 434 g/mol. The molecule has 162 valence electrons. The molecule has 0 aliphatic rings. The highest BCUT2D eigenvalue weighted by atomic mass is 16.5. The van der Waals surface area contributed by atoms with Crippen LogP contribution < -0.4 is 10.1 Å². The molecule has 5 aromatic rings. The molecular weight excluding hydrogens is 412 g/mol. The van der Waals surface area contributed by atoms with Crippen molar-refractivity contribution in [2.45, 2.75) is 13.8 Å². The lowest BCUT2D eigenvalue weighted by atomic mass is 10.1. The van der Waals surface area contributed by atoms with E-state index < -0.39 is 0 Å². The fourth-order valence-corrected chi connectivity index (χ4v) is 3.65. The normalized spacial score (nSPS) is 10.8. The summed E-state index contributed by atoms with van der Waals surface area (Å²) in [4.78, 5) is 21.8. The molecule has 0 atom stereocenters. The summed E-state index contributed by atoms with van der Waals surface area (Å²) in [6.07, 6.45) is 7.29. The lowest BCUT2D eigenvalue weighted by molar-refractivity contribution is 0.102. The Labute approximate surface area is 191 Å². The van der Waals surface area contributed by atoms with Crippen molar-refractivity contribution in [3.05, 3.63) is 108 Å². The van der Waals surface area contributed by atoms with Crippen LogP contribution in [0, 0.1) is 13.8 Å². The van der Waals surface area contributed by atoms with E-state index >= 15 is 0 Å². The maximum Gasteiger partial charge on any atom is 0.259 e. The molecule has 0 bridgehead atoms. The van der Waals surface area contributed by atoms with Crippen molar-refractivity contribution in [3.63, 3.8) is 0 Å². The van der Waals surface area contributed by atoms with Crippen molar-refractivity contribution in [3.8, 4) is 22.8 Å². The second-order valence-electron chi connectivity index (χ2n) is 7.86. The van der Waals surface area contributed by atoms with Gasteiger partial charge in [-0.2, -0.15) is 0 Å². The summed E-state index contributed by atoms with van der Waals surface area (Å²) in [6, 6.07) is 20.7. The maximum atomic E-state index is 13.0. The number of carbonyl (C=O) groups is 1. The number of nitrogens with zero attached hydrogens (tertiary/aromatic N) is 3. The Balaban J connectivity index is 1.36. The van der Waals surface area contributed by atoms with Gasteiger partial charge in [0.05, 0.1) is 11.3 Å². The highest BCUT2D eigenvalue weighted by molar-refractivity contribution is 6.06. The number of rotatable bonds is 5. The molecule has 0 fully saturated rings. The number of aromatic nitrogens is 3. The van der Waals surface area contributed by atoms with E-state index in [1.807, 2.05) is 79.2 Å². The summed E-state index contributed by atoms with van der Waals surface area (Å²) < 4.78 is 7.97. The number of hydrogen-bond acceptors (Lipinski definition) is 4. The number of amides is 1. The molecule has 0 spiro atoms. The first kappa shape index (κ1) is 20.5. The van der Waals surface area contributed by atoms with Gasteiger partial charge in [0, 0.05) is 36.0 Å². The van der Waals surface area contributed by atoms with E-state index in [0.717, 1.165) is 28.0 Å². The molecule has 2 aromatic carbocycles. The number of anilines is 1. The Morgan fingerprint density at radius 1 is 0.970 bits per heavy atom. The first-order chi connectivity index (χ1) is 16.1. The number of aryl methyl sites for hydroxylation is 2. The molecule has 0 radical (unpaired) electrons. The van der Waals surface area contributed by atoms with Gasteiger partial charge >= 0.3 is 0 Å². The van der Waals surface area contributed by atoms with Crippen molar-refractivity contribution < 1.29 is 9.53 Å². The van der Waals surface area contributed by atoms with Crippen molar-refractivity contribution in [1.29, 1.82) is 0 Å². The Hall–Kier alpha value is -4.45. The SMILES string of the molecule is Cc1ccc(C(=O)Nc2ccc(-c3cn4cccc(C)c4n3)cc2)c(Oc2ccncc2)c1. The predicted octanol–water partition coefficient (Wildman–Crippen LogP) is 6.06. The number of carbonyl (C=O) groups excluding carboxylic acids is 1. The summed E-state index contributed by atoms with van der Waals surface area (Å²) in [5, 5.41) is 2.96. The van der Waals surface area contributed by atoms with Crippen molar-refractivity contribution in [2.24, 2.45) is 0 Å². The van der Waals surface area contributed by atoms with E-state index in [0.29, 0.717) is 22.7 Å². The Bertz CT molecular complexity index is 1440. The Kier molecular flexibility index (Phi) is 5.32. The lowest BCUT2D eigenvalue weighted by Gasteiger charge is -2.12. The van der Waals surface area contributed by atoms with Crippen LogP contribution in [-0.4, -0.2) is 20.3 Å². The van der Waals surface area contributed by atoms with Gasteiger partial charge in [0.25, 0.3) is 5.91 Å². The van der Waals surface area contributed by atoms with E-state index in [4.69, 9.17) is 9.72 Å². The number of fused-ring (bicyclic) bond motifs is 1. The van der Waals surface area contributed by atoms with Crippen LogP contribution in [0.4, 0.5) is 5.69 Å². The largest absolute Gasteiger partial charge is 0.456 e. The van der Waals surface area contributed by atoms with Crippen molar-refractivity contribution in [2.75, 3.05) is 5.32 Å². The highest BCUT2D eigenvalue weighted by Gasteiger charge is 2.14. The number of hydrogen-bond donors (Lipinski definition) is 1. The molecule has 5 rings (SSSR count). The second-order valence-corrected chi connectivity index (χ2v) is 7.86. The minimum absolute atomic E-state index is 0.241. The molecule has 6 nitrogen and oxygen atoms in total. The van der Waals surface area contributed by atoms with E-state index in [1.54, 1.807) is 30.6 Å². The quantitative estimate of drug-likeness (QED) is 0.365. The van der Waals surface area contributed by atoms with Crippen LogP contribution in [0.1, 0.15) is 21.5 Å². The number of benzene rings is 2. The summed E-state index contributed by atoms with van der Waals surface area (Å²) >= 11 is 0. The van der Waals surface area contributed by atoms with Gasteiger partial charge in [-0.05, 0) is 67.4 Å². The van der Waals surface area contributed by atoms with E-state index in [9.17, 15) is 4.79 Å².